The Morgan fingerprint density at radius 1 is 1.25 bits per heavy atom. The fourth-order valence-electron chi connectivity index (χ4n) is 3.17. The van der Waals surface area contributed by atoms with Gasteiger partial charge >= 0.3 is 0 Å². The largest absolute Gasteiger partial charge is 0.367 e. The molecule has 2 heterocycles. The molecule has 0 radical (unpaired) electrons. The maximum absolute atomic E-state index is 12.7. The van der Waals surface area contributed by atoms with Crippen molar-refractivity contribution in [3.8, 4) is 0 Å². The van der Waals surface area contributed by atoms with Gasteiger partial charge in [0.1, 0.15) is 0 Å². The minimum Gasteiger partial charge on any atom is -0.367 e. The highest BCUT2D eigenvalue weighted by molar-refractivity contribution is 7.16. The van der Waals surface area contributed by atoms with Crippen molar-refractivity contribution in [2.24, 2.45) is 11.8 Å². The summed E-state index contributed by atoms with van der Waals surface area (Å²) < 4.78 is 1.00. The van der Waals surface area contributed by atoms with Crippen LogP contribution in [0.15, 0.2) is 28.4 Å². The molecule has 0 amide bonds. The van der Waals surface area contributed by atoms with E-state index in [1.807, 2.05) is 17.5 Å². The highest BCUT2D eigenvalue weighted by Gasteiger charge is 2.24. The monoisotopic (exact) mass is 307 g/mol. The number of benzene rings is 1. The fraction of sp³-hybridized carbons (Fsp3) is 0.438. The Balaban J connectivity index is 2.08. The van der Waals surface area contributed by atoms with E-state index >= 15 is 0 Å². The molecule has 0 spiro atoms. The molecule has 1 saturated heterocycles. The van der Waals surface area contributed by atoms with Crippen LogP contribution in [0, 0.1) is 11.8 Å². The summed E-state index contributed by atoms with van der Waals surface area (Å²) in [6.07, 6.45) is 1.24. The summed E-state index contributed by atoms with van der Waals surface area (Å²) in [7, 11) is 0. The molecule has 2 aromatic rings. The highest BCUT2D eigenvalue weighted by atomic mass is 35.5. The van der Waals surface area contributed by atoms with Gasteiger partial charge in [0.05, 0.1) is 5.69 Å². The Morgan fingerprint density at radius 3 is 2.65 bits per heavy atom. The Bertz CT molecular complexity index is 686. The van der Waals surface area contributed by atoms with Crippen LogP contribution in [0.5, 0.6) is 0 Å². The molecule has 1 aliphatic heterocycles. The van der Waals surface area contributed by atoms with Gasteiger partial charge in [-0.25, -0.2) is 0 Å². The maximum atomic E-state index is 12.7. The third-order valence-electron chi connectivity index (χ3n) is 3.93. The normalized spacial score (nSPS) is 23.2. The number of piperidine rings is 1. The first-order chi connectivity index (χ1) is 9.54. The molecule has 4 heteroatoms. The van der Waals surface area contributed by atoms with Crippen LogP contribution in [0.1, 0.15) is 20.3 Å². The van der Waals surface area contributed by atoms with Gasteiger partial charge in [-0.1, -0.05) is 25.4 Å². The molecule has 1 aromatic heterocycles. The van der Waals surface area contributed by atoms with Gasteiger partial charge in [-0.2, -0.15) is 0 Å². The zero-order valence-corrected chi connectivity index (χ0v) is 13.3. The second-order valence-corrected chi connectivity index (χ2v) is 7.29. The lowest BCUT2D eigenvalue weighted by Gasteiger charge is -2.36. The molecule has 1 fully saturated rings. The van der Waals surface area contributed by atoms with E-state index in [1.54, 1.807) is 17.4 Å². The molecular formula is C16H18ClNOS. The smallest absolute Gasteiger partial charge is 0.211 e. The lowest BCUT2D eigenvalue weighted by atomic mass is 9.91. The van der Waals surface area contributed by atoms with Crippen molar-refractivity contribution in [1.29, 1.82) is 0 Å². The summed E-state index contributed by atoms with van der Waals surface area (Å²) in [6, 6.07) is 5.55. The van der Waals surface area contributed by atoms with Gasteiger partial charge in [-0.05, 0) is 36.5 Å². The molecule has 106 valence electrons. The van der Waals surface area contributed by atoms with E-state index in [4.69, 9.17) is 11.6 Å². The van der Waals surface area contributed by atoms with Gasteiger partial charge in [0, 0.05) is 33.6 Å². The summed E-state index contributed by atoms with van der Waals surface area (Å²) in [5, 5.41) is 3.37. The van der Waals surface area contributed by atoms with Gasteiger partial charge in [-0.15, -0.1) is 11.3 Å². The van der Waals surface area contributed by atoms with Gasteiger partial charge in [0.2, 0.25) is 5.43 Å². The molecule has 0 saturated carbocycles. The van der Waals surface area contributed by atoms with E-state index < -0.39 is 0 Å². The first-order valence-electron chi connectivity index (χ1n) is 7.00. The van der Waals surface area contributed by atoms with Crippen LogP contribution in [-0.2, 0) is 0 Å². The predicted molar refractivity (Wildman–Crippen MR) is 88.3 cm³/mol. The third kappa shape index (κ3) is 2.57. The topological polar surface area (TPSA) is 20.3 Å². The van der Waals surface area contributed by atoms with Crippen molar-refractivity contribution < 1.29 is 0 Å². The SMILES string of the molecule is C[C@@H]1C[C@H](C)CN(c2csc3ccc(Cl)cc3c2=O)C1. The van der Waals surface area contributed by atoms with E-state index in [9.17, 15) is 4.79 Å². The average molecular weight is 308 g/mol. The molecule has 1 aromatic carbocycles. The summed E-state index contributed by atoms with van der Waals surface area (Å²) in [4.78, 5) is 14.9. The first kappa shape index (κ1) is 13.9. The van der Waals surface area contributed by atoms with Crippen LogP contribution in [0.3, 0.4) is 0 Å². The van der Waals surface area contributed by atoms with Crippen molar-refractivity contribution in [1.82, 2.24) is 0 Å². The minimum atomic E-state index is 0.113. The van der Waals surface area contributed by atoms with Crippen LogP contribution in [0.25, 0.3) is 10.1 Å². The van der Waals surface area contributed by atoms with Gasteiger partial charge in [-0.3, -0.25) is 4.79 Å². The number of halogens is 1. The molecule has 1 aliphatic rings. The number of hydrogen-bond acceptors (Lipinski definition) is 3. The lowest BCUT2D eigenvalue weighted by molar-refractivity contribution is 0.356. The van der Waals surface area contributed by atoms with Crippen molar-refractivity contribution in [3.05, 3.63) is 38.8 Å². The quantitative estimate of drug-likeness (QED) is 0.778. The first-order valence-corrected chi connectivity index (χ1v) is 8.26. The van der Waals surface area contributed by atoms with Crippen LogP contribution < -0.4 is 10.3 Å². The van der Waals surface area contributed by atoms with Gasteiger partial charge in [0.25, 0.3) is 0 Å². The van der Waals surface area contributed by atoms with Crippen molar-refractivity contribution >= 4 is 38.7 Å². The fourth-order valence-corrected chi connectivity index (χ4v) is 4.26. The van der Waals surface area contributed by atoms with Crippen molar-refractivity contribution in [3.63, 3.8) is 0 Å². The maximum Gasteiger partial charge on any atom is 0.211 e. The zero-order valence-electron chi connectivity index (χ0n) is 11.7. The molecule has 20 heavy (non-hydrogen) atoms. The summed E-state index contributed by atoms with van der Waals surface area (Å²) in [5.41, 5.74) is 0.950. The Kier molecular flexibility index (Phi) is 3.74. The van der Waals surface area contributed by atoms with E-state index in [-0.39, 0.29) is 5.43 Å². The molecular weight excluding hydrogens is 290 g/mol. The van der Waals surface area contributed by atoms with Gasteiger partial charge in [0.15, 0.2) is 0 Å². The number of anilines is 1. The number of rotatable bonds is 1. The highest BCUT2D eigenvalue weighted by Crippen LogP contribution is 2.28. The summed E-state index contributed by atoms with van der Waals surface area (Å²) >= 11 is 7.65. The number of hydrogen-bond donors (Lipinski definition) is 0. The summed E-state index contributed by atoms with van der Waals surface area (Å²) in [6.45, 7) is 6.46. The van der Waals surface area contributed by atoms with Crippen LogP contribution in [0.4, 0.5) is 5.69 Å². The second kappa shape index (κ2) is 5.38. The van der Waals surface area contributed by atoms with E-state index in [0.29, 0.717) is 16.9 Å². The Hall–Kier alpha value is -1.06. The Labute approximate surface area is 128 Å². The minimum absolute atomic E-state index is 0.113. The van der Waals surface area contributed by atoms with Gasteiger partial charge < -0.3 is 4.90 Å². The summed E-state index contributed by atoms with van der Waals surface area (Å²) in [5.74, 6) is 1.27. The third-order valence-corrected chi connectivity index (χ3v) is 5.11. The second-order valence-electron chi connectivity index (χ2n) is 5.94. The standard InChI is InChI=1S/C16H18ClNOS/c1-10-5-11(2)8-18(7-10)14-9-20-15-4-3-12(17)6-13(15)16(14)19/h3-4,6,9-11H,5,7-8H2,1-2H3/t10-,11+. The van der Waals surface area contributed by atoms with Crippen LogP contribution in [0.2, 0.25) is 5.02 Å². The van der Waals surface area contributed by atoms with Crippen LogP contribution in [-0.4, -0.2) is 13.1 Å². The molecule has 2 atom stereocenters. The zero-order chi connectivity index (χ0) is 14.3. The molecule has 3 rings (SSSR count). The Morgan fingerprint density at radius 2 is 1.95 bits per heavy atom. The molecule has 0 aliphatic carbocycles. The molecule has 0 bridgehead atoms. The van der Waals surface area contributed by atoms with E-state index in [0.717, 1.165) is 28.9 Å². The lowest BCUT2D eigenvalue weighted by Crippen LogP contribution is -2.40. The number of fused-ring (bicyclic) bond motifs is 1. The van der Waals surface area contributed by atoms with Crippen molar-refractivity contribution in [2.45, 2.75) is 20.3 Å². The van der Waals surface area contributed by atoms with Crippen molar-refractivity contribution in [2.75, 3.05) is 18.0 Å². The molecule has 0 unspecified atom stereocenters. The molecule has 2 nitrogen and oxygen atoms in total. The molecule has 0 N–H and O–H groups in total. The van der Waals surface area contributed by atoms with Crippen LogP contribution >= 0.6 is 22.9 Å². The van der Waals surface area contributed by atoms with E-state index in [1.165, 1.54) is 6.42 Å². The van der Waals surface area contributed by atoms with E-state index in [2.05, 4.69) is 18.7 Å². The number of nitrogens with zero attached hydrogens (tertiary/aromatic N) is 1. The predicted octanol–water partition coefficient (Wildman–Crippen LogP) is 4.40. The average Bonchev–Trinajstić information content (AvgIpc) is 2.38.